The van der Waals surface area contributed by atoms with E-state index >= 15 is 0 Å². The van der Waals surface area contributed by atoms with Crippen molar-refractivity contribution < 1.29 is 14.7 Å². The molecule has 1 heterocycles. The summed E-state index contributed by atoms with van der Waals surface area (Å²) in [5, 5.41) is 23.0. The summed E-state index contributed by atoms with van der Waals surface area (Å²) < 4.78 is 4.93. The first-order valence-corrected chi connectivity index (χ1v) is 4.75. The van der Waals surface area contributed by atoms with Crippen LogP contribution in [0.15, 0.2) is 16.7 Å². The molecule has 0 saturated carbocycles. The molecule has 4 N–H and O–H groups in total. The zero-order valence-electron chi connectivity index (χ0n) is 8.98. The number of hydrogen-bond acceptors (Lipinski definition) is 5. The van der Waals surface area contributed by atoms with E-state index < -0.39 is 0 Å². The lowest BCUT2D eigenvalue weighted by molar-refractivity contribution is 0.396. The largest absolute Gasteiger partial charge is 0.504 e. The lowest BCUT2D eigenvalue weighted by Crippen LogP contribution is -1.86. The molecule has 5 heteroatoms. The molecule has 0 aliphatic heterocycles. The number of aryl methyl sites for hydroxylation is 1. The highest BCUT2D eigenvalue weighted by Crippen LogP contribution is 2.40. The molecule has 0 fully saturated rings. The number of nitrogen functional groups attached to an aromatic ring is 1. The fraction of sp³-hybridized carbons (Fsp3) is 0.182. The molecule has 0 saturated heterocycles. The molecule has 0 amide bonds. The van der Waals surface area contributed by atoms with E-state index in [9.17, 15) is 10.2 Å². The summed E-state index contributed by atoms with van der Waals surface area (Å²) in [4.78, 5) is 0. The fourth-order valence-electron chi connectivity index (χ4n) is 1.49. The predicted molar refractivity (Wildman–Crippen MR) is 59.2 cm³/mol. The SMILES string of the molecule is Cc1cc(-c2cc(N)no2)c(O)c(O)c1C. The second-order valence-corrected chi connectivity index (χ2v) is 3.68. The molecule has 0 aliphatic carbocycles. The number of anilines is 1. The van der Waals surface area contributed by atoms with Gasteiger partial charge in [-0.2, -0.15) is 0 Å². The van der Waals surface area contributed by atoms with Gasteiger partial charge in [0.05, 0.1) is 5.56 Å². The highest BCUT2D eigenvalue weighted by Gasteiger charge is 2.16. The highest BCUT2D eigenvalue weighted by molar-refractivity contribution is 5.73. The smallest absolute Gasteiger partial charge is 0.172 e. The molecule has 0 spiro atoms. The van der Waals surface area contributed by atoms with Crippen molar-refractivity contribution in [3.05, 3.63) is 23.3 Å². The maximum absolute atomic E-state index is 9.79. The van der Waals surface area contributed by atoms with Gasteiger partial charge in [0.15, 0.2) is 23.1 Å². The normalized spacial score (nSPS) is 10.6. The third kappa shape index (κ3) is 1.46. The minimum Gasteiger partial charge on any atom is -0.504 e. The summed E-state index contributed by atoms with van der Waals surface area (Å²) in [5.74, 6) is 0.185. The van der Waals surface area contributed by atoms with E-state index in [1.54, 1.807) is 13.0 Å². The summed E-state index contributed by atoms with van der Waals surface area (Å²) in [5.41, 5.74) is 7.28. The molecule has 2 aromatic rings. The van der Waals surface area contributed by atoms with Gasteiger partial charge in [0.2, 0.25) is 0 Å². The van der Waals surface area contributed by atoms with E-state index in [4.69, 9.17) is 10.3 Å². The molecule has 0 atom stereocenters. The zero-order valence-corrected chi connectivity index (χ0v) is 8.98. The highest BCUT2D eigenvalue weighted by atomic mass is 16.5. The van der Waals surface area contributed by atoms with Crippen LogP contribution >= 0.6 is 0 Å². The first kappa shape index (κ1) is 10.4. The van der Waals surface area contributed by atoms with Crippen LogP contribution in [0.2, 0.25) is 0 Å². The molecule has 5 nitrogen and oxygen atoms in total. The van der Waals surface area contributed by atoms with Gasteiger partial charge in [0.1, 0.15) is 0 Å². The molecule has 0 radical (unpaired) electrons. The molecule has 1 aromatic carbocycles. The van der Waals surface area contributed by atoms with Crippen molar-refractivity contribution in [1.82, 2.24) is 5.16 Å². The lowest BCUT2D eigenvalue weighted by atomic mass is 10.0. The number of nitrogens with zero attached hydrogens (tertiary/aromatic N) is 1. The second kappa shape index (κ2) is 3.44. The first-order valence-electron chi connectivity index (χ1n) is 4.75. The summed E-state index contributed by atoms with van der Waals surface area (Å²) >= 11 is 0. The van der Waals surface area contributed by atoms with E-state index in [0.717, 1.165) is 5.56 Å². The number of aromatic nitrogens is 1. The van der Waals surface area contributed by atoms with Gasteiger partial charge in [-0.05, 0) is 31.0 Å². The molecule has 0 bridgehead atoms. The van der Waals surface area contributed by atoms with Crippen LogP contribution < -0.4 is 5.73 Å². The third-order valence-electron chi connectivity index (χ3n) is 2.58. The summed E-state index contributed by atoms with van der Waals surface area (Å²) in [6, 6.07) is 3.20. The van der Waals surface area contributed by atoms with Crippen molar-refractivity contribution in [3.8, 4) is 22.8 Å². The zero-order chi connectivity index (χ0) is 11.9. The third-order valence-corrected chi connectivity index (χ3v) is 2.58. The van der Waals surface area contributed by atoms with E-state index in [1.807, 2.05) is 6.92 Å². The van der Waals surface area contributed by atoms with Crippen LogP contribution in [0.5, 0.6) is 11.5 Å². The van der Waals surface area contributed by atoms with Crippen LogP contribution in [0.4, 0.5) is 5.82 Å². The Morgan fingerprint density at radius 2 is 1.88 bits per heavy atom. The van der Waals surface area contributed by atoms with Crippen LogP contribution in [-0.4, -0.2) is 15.4 Å². The maximum atomic E-state index is 9.79. The number of rotatable bonds is 1. The van der Waals surface area contributed by atoms with Gasteiger partial charge in [-0.3, -0.25) is 0 Å². The van der Waals surface area contributed by atoms with Gasteiger partial charge in [-0.25, -0.2) is 0 Å². The fourth-order valence-corrected chi connectivity index (χ4v) is 1.49. The Morgan fingerprint density at radius 3 is 2.44 bits per heavy atom. The Balaban J connectivity index is 2.66. The quantitative estimate of drug-likeness (QED) is 0.639. The molecule has 16 heavy (non-hydrogen) atoms. The Labute approximate surface area is 92.1 Å². The van der Waals surface area contributed by atoms with Crippen LogP contribution in [0, 0.1) is 13.8 Å². The van der Waals surface area contributed by atoms with Crippen molar-refractivity contribution in [3.63, 3.8) is 0 Å². The average molecular weight is 220 g/mol. The standard InChI is InChI=1S/C11H12N2O3/c1-5-3-7(8-4-9(12)13-16-8)11(15)10(14)6(5)2/h3-4,14-15H,1-2H3,(H2,12,13). The number of benzene rings is 1. The minimum atomic E-state index is -0.223. The molecule has 2 rings (SSSR count). The lowest BCUT2D eigenvalue weighted by Gasteiger charge is -2.08. The van der Waals surface area contributed by atoms with E-state index in [0.29, 0.717) is 16.9 Å². The number of aromatic hydroxyl groups is 2. The van der Waals surface area contributed by atoms with Crippen LogP contribution in [0.25, 0.3) is 11.3 Å². The molecular weight excluding hydrogens is 208 g/mol. The van der Waals surface area contributed by atoms with Gasteiger partial charge in [0, 0.05) is 6.07 Å². The van der Waals surface area contributed by atoms with Crippen molar-refractivity contribution in [2.45, 2.75) is 13.8 Å². The number of phenols is 2. The van der Waals surface area contributed by atoms with Crippen LogP contribution in [-0.2, 0) is 0 Å². The Bertz CT molecular complexity index is 546. The van der Waals surface area contributed by atoms with E-state index in [-0.39, 0.29) is 17.3 Å². The summed E-state index contributed by atoms with van der Waals surface area (Å²) in [6.45, 7) is 3.56. The number of phenolic OH excluding ortho intramolecular Hbond substituents is 2. The van der Waals surface area contributed by atoms with Crippen LogP contribution in [0.1, 0.15) is 11.1 Å². The van der Waals surface area contributed by atoms with Crippen molar-refractivity contribution in [2.75, 3.05) is 5.73 Å². The van der Waals surface area contributed by atoms with E-state index in [1.165, 1.54) is 6.07 Å². The second-order valence-electron chi connectivity index (χ2n) is 3.68. The molecule has 0 aliphatic rings. The average Bonchev–Trinajstić information content (AvgIpc) is 2.67. The van der Waals surface area contributed by atoms with Gasteiger partial charge >= 0.3 is 0 Å². The topological polar surface area (TPSA) is 92.5 Å². The van der Waals surface area contributed by atoms with Gasteiger partial charge in [-0.15, -0.1) is 0 Å². The predicted octanol–water partition coefficient (Wildman–Crippen LogP) is 1.95. The van der Waals surface area contributed by atoms with Gasteiger partial charge in [0.25, 0.3) is 0 Å². The van der Waals surface area contributed by atoms with Crippen molar-refractivity contribution in [1.29, 1.82) is 0 Å². The monoisotopic (exact) mass is 220 g/mol. The molecule has 84 valence electrons. The summed E-state index contributed by atoms with van der Waals surface area (Å²) in [7, 11) is 0. The van der Waals surface area contributed by atoms with E-state index in [2.05, 4.69) is 5.16 Å². The Hall–Kier alpha value is -2.17. The van der Waals surface area contributed by atoms with Gasteiger partial charge < -0.3 is 20.5 Å². The number of nitrogens with two attached hydrogens (primary N) is 1. The molecule has 0 unspecified atom stereocenters. The molecular formula is C11H12N2O3. The van der Waals surface area contributed by atoms with Gasteiger partial charge in [-0.1, -0.05) is 5.16 Å². The van der Waals surface area contributed by atoms with Crippen molar-refractivity contribution in [2.24, 2.45) is 0 Å². The Morgan fingerprint density at radius 1 is 1.19 bits per heavy atom. The maximum Gasteiger partial charge on any atom is 0.172 e. The number of hydrogen-bond donors (Lipinski definition) is 3. The Kier molecular flexibility index (Phi) is 2.23. The van der Waals surface area contributed by atoms with Crippen LogP contribution in [0.3, 0.4) is 0 Å². The summed E-state index contributed by atoms with van der Waals surface area (Å²) in [6.07, 6.45) is 0. The van der Waals surface area contributed by atoms with Crippen molar-refractivity contribution >= 4 is 5.82 Å². The molecule has 1 aromatic heterocycles. The minimum absolute atomic E-state index is 0.148. The first-order chi connectivity index (χ1) is 7.50.